The number of hydrogen-bond donors (Lipinski definition) is 3. The van der Waals surface area contributed by atoms with Gasteiger partial charge in [-0.05, 0) is 60.6 Å². The van der Waals surface area contributed by atoms with E-state index in [1.807, 2.05) is 24.3 Å². The van der Waals surface area contributed by atoms with Crippen molar-refractivity contribution >= 4 is 41.5 Å². The predicted molar refractivity (Wildman–Crippen MR) is 119 cm³/mol. The van der Waals surface area contributed by atoms with Crippen molar-refractivity contribution in [3.05, 3.63) is 59.2 Å². The molecule has 7 heteroatoms. The van der Waals surface area contributed by atoms with E-state index < -0.39 is 5.91 Å². The third-order valence-corrected chi connectivity index (χ3v) is 4.37. The average Bonchev–Trinajstić information content (AvgIpc) is 2.65. The standard InChI is InChI=1S/C20H24N4O2.HI/c21-19(25)13-26-16-8-3-5-14(11-16)12-23-20(22)24-18-10-4-7-15-6-1-2-9-17(15)18;/h3-5,7-8,10-11H,1-2,6,9,12-13H2,(H2,21,25)(H3,22,23,24);1H. The molecule has 0 heterocycles. The van der Waals surface area contributed by atoms with Crippen LogP contribution in [0, 0.1) is 0 Å². The maximum absolute atomic E-state index is 10.8. The fourth-order valence-electron chi connectivity index (χ4n) is 3.14. The quantitative estimate of drug-likeness (QED) is 0.336. The van der Waals surface area contributed by atoms with Crippen LogP contribution in [0.3, 0.4) is 0 Å². The topological polar surface area (TPSA) is 103 Å². The maximum atomic E-state index is 10.8. The fourth-order valence-corrected chi connectivity index (χ4v) is 3.14. The Morgan fingerprint density at radius 3 is 2.70 bits per heavy atom. The number of aryl methyl sites for hydroxylation is 1. The SMILES string of the molecule is I.NC(=O)COc1cccc(CN=C(N)Nc2cccc3c2CCCC3)c1. The van der Waals surface area contributed by atoms with E-state index in [2.05, 4.69) is 22.4 Å². The highest BCUT2D eigenvalue weighted by Crippen LogP contribution is 2.27. The minimum atomic E-state index is -0.506. The summed E-state index contributed by atoms with van der Waals surface area (Å²) in [5.74, 6) is 0.459. The lowest BCUT2D eigenvalue weighted by Crippen LogP contribution is -2.24. The van der Waals surface area contributed by atoms with E-state index in [0.29, 0.717) is 18.3 Å². The minimum Gasteiger partial charge on any atom is -0.484 e. The molecule has 0 radical (unpaired) electrons. The number of primary amides is 1. The van der Waals surface area contributed by atoms with Gasteiger partial charge in [0.15, 0.2) is 12.6 Å². The van der Waals surface area contributed by atoms with Crippen molar-refractivity contribution in [2.75, 3.05) is 11.9 Å². The molecule has 0 saturated carbocycles. The number of guanidine groups is 1. The van der Waals surface area contributed by atoms with Gasteiger partial charge in [0.05, 0.1) is 6.54 Å². The molecule has 0 spiro atoms. The first-order valence-electron chi connectivity index (χ1n) is 8.79. The van der Waals surface area contributed by atoms with Gasteiger partial charge in [0.25, 0.3) is 5.91 Å². The molecule has 6 nitrogen and oxygen atoms in total. The van der Waals surface area contributed by atoms with Gasteiger partial charge in [-0.15, -0.1) is 24.0 Å². The maximum Gasteiger partial charge on any atom is 0.255 e. The number of anilines is 1. The van der Waals surface area contributed by atoms with E-state index in [1.165, 1.54) is 24.0 Å². The van der Waals surface area contributed by atoms with Gasteiger partial charge in [-0.2, -0.15) is 0 Å². The van der Waals surface area contributed by atoms with Gasteiger partial charge in [-0.3, -0.25) is 4.79 Å². The van der Waals surface area contributed by atoms with E-state index in [0.717, 1.165) is 24.1 Å². The summed E-state index contributed by atoms with van der Waals surface area (Å²) in [5, 5.41) is 3.23. The lowest BCUT2D eigenvalue weighted by atomic mass is 9.90. The number of nitrogens with two attached hydrogens (primary N) is 2. The number of carbonyl (C=O) groups is 1. The smallest absolute Gasteiger partial charge is 0.255 e. The molecule has 0 saturated heterocycles. The molecule has 1 aliphatic rings. The molecule has 0 aliphatic heterocycles. The molecule has 144 valence electrons. The first-order chi connectivity index (χ1) is 12.6. The van der Waals surface area contributed by atoms with Gasteiger partial charge < -0.3 is 21.5 Å². The predicted octanol–water partition coefficient (Wildman–Crippen LogP) is 2.97. The number of ether oxygens (including phenoxy) is 1. The van der Waals surface area contributed by atoms with E-state index >= 15 is 0 Å². The van der Waals surface area contributed by atoms with Crippen molar-refractivity contribution in [2.24, 2.45) is 16.5 Å². The van der Waals surface area contributed by atoms with Crippen molar-refractivity contribution in [3.63, 3.8) is 0 Å². The summed E-state index contributed by atoms with van der Waals surface area (Å²) in [6, 6.07) is 13.7. The molecule has 5 N–H and O–H groups in total. The molecule has 2 aromatic carbocycles. The van der Waals surface area contributed by atoms with Gasteiger partial charge in [0, 0.05) is 5.69 Å². The number of aliphatic imine (C=N–C) groups is 1. The molecule has 0 aromatic heterocycles. The number of halogens is 1. The highest BCUT2D eigenvalue weighted by Gasteiger charge is 2.13. The molecule has 3 rings (SSSR count). The lowest BCUT2D eigenvalue weighted by Gasteiger charge is -2.19. The minimum absolute atomic E-state index is 0. The van der Waals surface area contributed by atoms with Crippen LogP contribution in [0.5, 0.6) is 5.75 Å². The van der Waals surface area contributed by atoms with Crippen LogP contribution < -0.4 is 21.5 Å². The summed E-state index contributed by atoms with van der Waals surface area (Å²) in [7, 11) is 0. The van der Waals surface area contributed by atoms with Gasteiger partial charge >= 0.3 is 0 Å². The third kappa shape index (κ3) is 6.13. The molecular weight excluding hydrogens is 455 g/mol. The lowest BCUT2D eigenvalue weighted by molar-refractivity contribution is -0.119. The third-order valence-electron chi connectivity index (χ3n) is 4.37. The molecule has 27 heavy (non-hydrogen) atoms. The Morgan fingerprint density at radius 1 is 1.11 bits per heavy atom. The van der Waals surface area contributed by atoms with Gasteiger partial charge in [-0.1, -0.05) is 24.3 Å². The summed E-state index contributed by atoms with van der Waals surface area (Å²) >= 11 is 0. The summed E-state index contributed by atoms with van der Waals surface area (Å²) in [6.45, 7) is 0.275. The number of rotatable bonds is 6. The molecule has 0 bridgehead atoms. The molecule has 0 fully saturated rings. The Bertz CT molecular complexity index is 823. The number of nitrogens with zero attached hydrogens (tertiary/aromatic N) is 1. The summed E-state index contributed by atoms with van der Waals surface area (Å²) in [5.41, 5.74) is 15.9. The summed E-state index contributed by atoms with van der Waals surface area (Å²) < 4.78 is 5.30. The second-order valence-corrected chi connectivity index (χ2v) is 6.38. The Hall–Kier alpha value is -2.29. The van der Waals surface area contributed by atoms with E-state index in [9.17, 15) is 4.79 Å². The van der Waals surface area contributed by atoms with Gasteiger partial charge in [0.1, 0.15) is 5.75 Å². The molecule has 0 atom stereocenters. The van der Waals surface area contributed by atoms with Crippen LogP contribution in [0.2, 0.25) is 0 Å². The van der Waals surface area contributed by atoms with Crippen molar-refractivity contribution < 1.29 is 9.53 Å². The van der Waals surface area contributed by atoms with E-state index in [-0.39, 0.29) is 30.6 Å². The van der Waals surface area contributed by atoms with Crippen molar-refractivity contribution in [1.29, 1.82) is 0 Å². The molecule has 0 unspecified atom stereocenters. The first-order valence-corrected chi connectivity index (χ1v) is 8.79. The normalized spacial score (nSPS) is 13.3. The van der Waals surface area contributed by atoms with Gasteiger partial charge in [-0.25, -0.2) is 4.99 Å². The molecular formula is C20H25IN4O2. The van der Waals surface area contributed by atoms with Crippen molar-refractivity contribution in [1.82, 2.24) is 0 Å². The number of hydrogen-bond acceptors (Lipinski definition) is 3. The highest BCUT2D eigenvalue weighted by atomic mass is 127. The molecule has 1 amide bonds. The van der Waals surface area contributed by atoms with Crippen LogP contribution in [0.25, 0.3) is 0 Å². The highest BCUT2D eigenvalue weighted by molar-refractivity contribution is 14.0. The van der Waals surface area contributed by atoms with Crippen LogP contribution >= 0.6 is 24.0 Å². The summed E-state index contributed by atoms with van der Waals surface area (Å²) in [6.07, 6.45) is 4.65. The van der Waals surface area contributed by atoms with Crippen LogP contribution in [0.15, 0.2) is 47.5 Å². The monoisotopic (exact) mass is 480 g/mol. The fraction of sp³-hybridized carbons (Fsp3) is 0.300. The Balaban J connectivity index is 0.00000261. The van der Waals surface area contributed by atoms with Crippen molar-refractivity contribution in [2.45, 2.75) is 32.2 Å². The van der Waals surface area contributed by atoms with Crippen molar-refractivity contribution in [3.8, 4) is 5.75 Å². The number of nitrogens with one attached hydrogen (secondary N) is 1. The first kappa shape index (κ1) is 21.0. The zero-order valence-corrected chi connectivity index (χ0v) is 17.4. The molecule has 1 aliphatic carbocycles. The summed E-state index contributed by atoms with van der Waals surface area (Å²) in [4.78, 5) is 15.2. The van der Waals surface area contributed by atoms with Crippen LogP contribution in [0.4, 0.5) is 5.69 Å². The van der Waals surface area contributed by atoms with Gasteiger partial charge in [0.2, 0.25) is 0 Å². The van der Waals surface area contributed by atoms with Crippen LogP contribution in [-0.4, -0.2) is 18.5 Å². The van der Waals surface area contributed by atoms with E-state index in [1.54, 1.807) is 6.07 Å². The number of carbonyl (C=O) groups excluding carboxylic acids is 1. The zero-order chi connectivity index (χ0) is 18.4. The second-order valence-electron chi connectivity index (χ2n) is 6.38. The Labute approximate surface area is 176 Å². The Kier molecular flexibility index (Phi) is 7.90. The number of fused-ring (bicyclic) bond motifs is 1. The number of amides is 1. The zero-order valence-electron chi connectivity index (χ0n) is 15.1. The van der Waals surface area contributed by atoms with Crippen LogP contribution in [-0.2, 0) is 24.2 Å². The molecule has 2 aromatic rings. The Morgan fingerprint density at radius 2 is 1.89 bits per heavy atom. The number of benzene rings is 2. The van der Waals surface area contributed by atoms with E-state index in [4.69, 9.17) is 16.2 Å². The largest absolute Gasteiger partial charge is 0.484 e. The van der Waals surface area contributed by atoms with Crippen LogP contribution in [0.1, 0.15) is 29.5 Å². The second kappa shape index (κ2) is 10.1. The average molecular weight is 480 g/mol.